The Labute approximate surface area is 236 Å². The molecule has 4 aliphatic rings. The number of likely N-dealkylation sites (tertiary alicyclic amines) is 1. The predicted molar refractivity (Wildman–Crippen MR) is 152 cm³/mol. The highest BCUT2D eigenvalue weighted by atomic mass is 16.5. The zero-order valence-electron chi connectivity index (χ0n) is 23.3. The molecule has 2 fully saturated rings. The molecule has 1 unspecified atom stereocenters. The summed E-state index contributed by atoms with van der Waals surface area (Å²) in [6, 6.07) is 9.36. The lowest BCUT2D eigenvalue weighted by molar-refractivity contribution is -0.128. The molecule has 0 bridgehead atoms. The molecule has 0 radical (unpaired) electrons. The Morgan fingerprint density at radius 3 is 2.88 bits per heavy atom. The number of anilines is 2. The van der Waals surface area contributed by atoms with E-state index >= 15 is 0 Å². The van der Waals surface area contributed by atoms with Gasteiger partial charge in [-0.2, -0.15) is 15.2 Å². The van der Waals surface area contributed by atoms with Gasteiger partial charge in [0.25, 0.3) is 0 Å². The lowest BCUT2D eigenvalue weighted by Gasteiger charge is -2.41. The van der Waals surface area contributed by atoms with Crippen molar-refractivity contribution in [3.8, 4) is 12.1 Å². The smallest absolute Gasteiger partial charge is 0.318 e. The van der Waals surface area contributed by atoms with Gasteiger partial charge in [-0.15, -0.1) is 0 Å². The molecular formula is C30H38N8O2. The number of piperazine rings is 1. The Hall–Kier alpha value is -3.68. The van der Waals surface area contributed by atoms with Gasteiger partial charge in [-0.1, -0.05) is 12.6 Å². The van der Waals surface area contributed by atoms with Crippen molar-refractivity contribution in [2.24, 2.45) is 0 Å². The van der Waals surface area contributed by atoms with Crippen LogP contribution in [-0.2, 0) is 24.3 Å². The Kier molecular flexibility index (Phi) is 7.34. The number of carbonyl (C=O) groups excluding carboxylic acids is 1. The van der Waals surface area contributed by atoms with E-state index < -0.39 is 0 Å². The summed E-state index contributed by atoms with van der Waals surface area (Å²) in [5, 5.41) is 9.50. The highest BCUT2D eigenvalue weighted by molar-refractivity contribution is 5.87. The molecule has 2 aromatic rings. The zero-order chi connectivity index (χ0) is 27.8. The lowest BCUT2D eigenvalue weighted by atomic mass is 10.1. The topological polar surface area (TPSA) is 115 Å². The molecule has 3 atom stereocenters. The maximum absolute atomic E-state index is 12.5. The van der Waals surface area contributed by atoms with E-state index in [4.69, 9.17) is 20.4 Å². The molecule has 40 heavy (non-hydrogen) atoms. The molecular weight excluding hydrogens is 504 g/mol. The average Bonchev–Trinajstić information content (AvgIpc) is 3.68. The largest absolute Gasteiger partial charge is 0.462 e. The van der Waals surface area contributed by atoms with Crippen molar-refractivity contribution in [3.63, 3.8) is 0 Å². The number of nitrogen functional groups attached to an aromatic ring is 1. The molecule has 2 saturated heterocycles. The first-order valence-corrected chi connectivity index (χ1v) is 14.3. The molecule has 1 amide bonds. The van der Waals surface area contributed by atoms with Crippen LogP contribution in [-0.4, -0.2) is 82.5 Å². The number of nitriles is 1. The van der Waals surface area contributed by atoms with Gasteiger partial charge in [0.15, 0.2) is 0 Å². The first kappa shape index (κ1) is 26.5. The van der Waals surface area contributed by atoms with Crippen LogP contribution >= 0.6 is 0 Å². The van der Waals surface area contributed by atoms with Crippen molar-refractivity contribution in [2.45, 2.75) is 63.3 Å². The van der Waals surface area contributed by atoms with E-state index in [1.165, 1.54) is 23.6 Å². The number of benzene rings is 1. The minimum Gasteiger partial charge on any atom is -0.462 e. The van der Waals surface area contributed by atoms with Gasteiger partial charge in [-0.25, -0.2) is 0 Å². The standard InChI is InChI=1S/C30H38N8O2/c1-3-28(39)38-14-13-36(16-22(38)10-11-31)29-25-17-37(27-9-7-20-6-8-21(32)15-24(20)27)18-26(25)33-30(34-29)40-19-23-5-4-12-35(23)2/h3,6,8,15,22-23,27H,1,4-5,7,9-10,12-14,16-19,32H2,2H3/t22-,23-,27?/m0/s1. The summed E-state index contributed by atoms with van der Waals surface area (Å²) < 4.78 is 6.25. The zero-order valence-corrected chi connectivity index (χ0v) is 23.3. The second-order valence-corrected chi connectivity index (χ2v) is 11.5. The summed E-state index contributed by atoms with van der Waals surface area (Å²) in [4.78, 5) is 31.2. The van der Waals surface area contributed by atoms with Crippen LogP contribution in [0.1, 0.15) is 54.1 Å². The SMILES string of the molecule is C=CC(=O)N1CCN(c2nc(OC[C@@H]3CCCN3C)nc3c2CN(C2CCc4ccc(N)cc42)C3)C[C@@H]1CC#N. The van der Waals surface area contributed by atoms with Gasteiger partial charge in [-0.05, 0) is 68.6 Å². The minimum absolute atomic E-state index is 0.136. The molecule has 0 saturated carbocycles. The number of likely N-dealkylation sites (N-methyl/N-ethyl adjacent to an activating group) is 1. The van der Waals surface area contributed by atoms with Gasteiger partial charge in [0.05, 0.1) is 24.2 Å². The van der Waals surface area contributed by atoms with E-state index in [1.807, 2.05) is 6.07 Å². The van der Waals surface area contributed by atoms with E-state index in [9.17, 15) is 10.1 Å². The number of hydrogen-bond donors (Lipinski definition) is 1. The second-order valence-electron chi connectivity index (χ2n) is 11.5. The molecule has 3 aliphatic heterocycles. The summed E-state index contributed by atoms with van der Waals surface area (Å²) in [6.45, 7) is 8.43. The number of carbonyl (C=O) groups is 1. The number of hydrogen-bond acceptors (Lipinski definition) is 9. The molecule has 10 nitrogen and oxygen atoms in total. The Morgan fingerprint density at radius 2 is 2.10 bits per heavy atom. The maximum Gasteiger partial charge on any atom is 0.318 e. The highest BCUT2D eigenvalue weighted by Gasteiger charge is 2.37. The van der Waals surface area contributed by atoms with Gasteiger partial charge in [0, 0.05) is 56.1 Å². The van der Waals surface area contributed by atoms with E-state index in [0.717, 1.165) is 61.7 Å². The van der Waals surface area contributed by atoms with Crippen LogP contribution in [0.5, 0.6) is 6.01 Å². The third-order valence-corrected chi connectivity index (χ3v) is 9.06. The monoisotopic (exact) mass is 542 g/mol. The first-order chi connectivity index (χ1) is 19.4. The van der Waals surface area contributed by atoms with Crippen LogP contribution in [0.3, 0.4) is 0 Å². The van der Waals surface area contributed by atoms with Crippen LogP contribution in [0.4, 0.5) is 11.5 Å². The van der Waals surface area contributed by atoms with Crippen LogP contribution < -0.4 is 15.4 Å². The van der Waals surface area contributed by atoms with E-state index in [-0.39, 0.29) is 24.4 Å². The van der Waals surface area contributed by atoms with Crippen molar-refractivity contribution in [2.75, 3.05) is 50.5 Å². The Morgan fingerprint density at radius 1 is 1.23 bits per heavy atom. The molecule has 1 aliphatic carbocycles. The van der Waals surface area contributed by atoms with E-state index in [0.29, 0.717) is 38.3 Å². The number of nitrogens with two attached hydrogens (primary N) is 1. The minimum atomic E-state index is -0.228. The number of rotatable bonds is 7. The lowest BCUT2D eigenvalue weighted by Crippen LogP contribution is -2.55. The average molecular weight is 543 g/mol. The fourth-order valence-electron chi connectivity index (χ4n) is 6.86. The fraction of sp³-hybridized carbons (Fsp3) is 0.533. The van der Waals surface area contributed by atoms with Gasteiger partial charge < -0.3 is 25.2 Å². The third-order valence-electron chi connectivity index (χ3n) is 9.06. The molecule has 2 N–H and O–H groups in total. The number of aromatic nitrogens is 2. The summed E-state index contributed by atoms with van der Waals surface area (Å²) in [5.41, 5.74) is 11.8. The fourth-order valence-corrected chi connectivity index (χ4v) is 6.86. The molecule has 6 rings (SSSR count). The molecule has 4 heterocycles. The van der Waals surface area contributed by atoms with Gasteiger partial charge in [-0.3, -0.25) is 9.69 Å². The van der Waals surface area contributed by atoms with Crippen molar-refractivity contribution < 1.29 is 9.53 Å². The summed E-state index contributed by atoms with van der Waals surface area (Å²) in [7, 11) is 2.14. The number of nitrogens with zero attached hydrogens (tertiary/aromatic N) is 7. The van der Waals surface area contributed by atoms with Gasteiger partial charge >= 0.3 is 6.01 Å². The number of fused-ring (bicyclic) bond motifs is 2. The van der Waals surface area contributed by atoms with Gasteiger partial charge in [0.2, 0.25) is 5.91 Å². The van der Waals surface area contributed by atoms with Crippen LogP contribution in [0.2, 0.25) is 0 Å². The molecule has 1 aromatic carbocycles. The normalized spacial score (nSPS) is 24.6. The third kappa shape index (κ3) is 5.00. The highest BCUT2D eigenvalue weighted by Crippen LogP contribution is 2.42. The van der Waals surface area contributed by atoms with E-state index in [1.54, 1.807) is 4.90 Å². The Balaban J connectivity index is 1.29. The molecule has 0 spiro atoms. The molecule has 210 valence electrons. The number of ether oxygens (including phenoxy) is 1. The van der Waals surface area contributed by atoms with Gasteiger partial charge in [0.1, 0.15) is 12.4 Å². The van der Waals surface area contributed by atoms with Crippen LogP contribution in [0, 0.1) is 11.3 Å². The van der Waals surface area contributed by atoms with Crippen molar-refractivity contribution >= 4 is 17.4 Å². The van der Waals surface area contributed by atoms with Crippen LogP contribution in [0.25, 0.3) is 0 Å². The van der Waals surface area contributed by atoms with Crippen molar-refractivity contribution in [1.82, 2.24) is 24.7 Å². The van der Waals surface area contributed by atoms with Crippen molar-refractivity contribution in [3.05, 3.63) is 53.2 Å². The Bertz CT molecular complexity index is 1340. The van der Waals surface area contributed by atoms with Crippen LogP contribution in [0.15, 0.2) is 30.9 Å². The number of aryl methyl sites for hydroxylation is 1. The quantitative estimate of drug-likeness (QED) is 0.416. The summed E-state index contributed by atoms with van der Waals surface area (Å²) in [6.07, 6.45) is 5.98. The molecule has 1 aromatic heterocycles. The molecule has 10 heteroatoms. The first-order valence-electron chi connectivity index (χ1n) is 14.3. The number of amides is 1. The summed E-state index contributed by atoms with van der Waals surface area (Å²) >= 11 is 0. The summed E-state index contributed by atoms with van der Waals surface area (Å²) in [5.74, 6) is 0.726. The predicted octanol–water partition coefficient (Wildman–Crippen LogP) is 2.65. The maximum atomic E-state index is 12.5. The second kappa shape index (κ2) is 11.1. The van der Waals surface area contributed by atoms with E-state index in [2.05, 4.69) is 46.5 Å². The van der Waals surface area contributed by atoms with Crippen molar-refractivity contribution in [1.29, 1.82) is 5.26 Å².